The SMILES string of the molecule is Cc1ccc(F)c(C(=O)N2CCC(CCN)C2)c1F. The summed E-state index contributed by atoms with van der Waals surface area (Å²) in [6.07, 6.45) is 1.68. The second-order valence-electron chi connectivity index (χ2n) is 5.04. The van der Waals surface area contributed by atoms with E-state index in [1.807, 2.05) is 0 Å². The molecular formula is C14H18F2N2O. The van der Waals surface area contributed by atoms with E-state index in [0.717, 1.165) is 18.9 Å². The normalized spacial score (nSPS) is 18.9. The Balaban J connectivity index is 2.19. The summed E-state index contributed by atoms with van der Waals surface area (Å²) in [5.74, 6) is -1.77. The maximum absolute atomic E-state index is 13.9. The number of amides is 1. The summed E-state index contributed by atoms with van der Waals surface area (Å²) in [7, 11) is 0. The Bertz CT molecular complexity index is 491. The lowest BCUT2D eigenvalue weighted by molar-refractivity contribution is 0.0776. The number of aryl methyl sites for hydroxylation is 1. The number of likely N-dealkylation sites (tertiary alicyclic amines) is 1. The van der Waals surface area contributed by atoms with Crippen molar-refractivity contribution < 1.29 is 13.6 Å². The van der Waals surface area contributed by atoms with Gasteiger partial charge in [-0.1, -0.05) is 6.07 Å². The van der Waals surface area contributed by atoms with Gasteiger partial charge in [0.25, 0.3) is 5.91 Å². The van der Waals surface area contributed by atoms with Crippen LogP contribution >= 0.6 is 0 Å². The second-order valence-corrected chi connectivity index (χ2v) is 5.04. The van der Waals surface area contributed by atoms with E-state index >= 15 is 0 Å². The molecule has 1 aliphatic rings. The summed E-state index contributed by atoms with van der Waals surface area (Å²) in [5, 5.41) is 0. The van der Waals surface area contributed by atoms with Gasteiger partial charge in [0.05, 0.1) is 0 Å². The van der Waals surface area contributed by atoms with E-state index in [9.17, 15) is 13.6 Å². The van der Waals surface area contributed by atoms with Gasteiger partial charge in [-0.2, -0.15) is 0 Å². The minimum absolute atomic E-state index is 0.280. The number of benzene rings is 1. The van der Waals surface area contributed by atoms with Gasteiger partial charge >= 0.3 is 0 Å². The number of rotatable bonds is 3. The molecule has 1 fully saturated rings. The quantitative estimate of drug-likeness (QED) is 0.912. The molecule has 1 saturated heterocycles. The van der Waals surface area contributed by atoms with Crippen LogP contribution in [-0.2, 0) is 0 Å². The second kappa shape index (κ2) is 5.65. The topological polar surface area (TPSA) is 46.3 Å². The van der Waals surface area contributed by atoms with Crippen LogP contribution in [0.25, 0.3) is 0 Å². The largest absolute Gasteiger partial charge is 0.338 e. The summed E-state index contributed by atoms with van der Waals surface area (Å²) in [6, 6.07) is 2.47. The predicted octanol–water partition coefficient (Wildman–Crippen LogP) is 2.08. The van der Waals surface area contributed by atoms with Crippen molar-refractivity contribution in [2.24, 2.45) is 11.7 Å². The Morgan fingerprint density at radius 2 is 2.21 bits per heavy atom. The molecule has 19 heavy (non-hydrogen) atoms. The molecule has 0 aromatic heterocycles. The standard InChI is InChI=1S/C14H18F2N2O/c1-9-2-3-11(15)12(13(9)16)14(19)18-7-5-10(8-18)4-6-17/h2-3,10H,4-8,17H2,1H3. The van der Waals surface area contributed by atoms with Crippen LogP contribution in [0.15, 0.2) is 12.1 Å². The molecule has 2 N–H and O–H groups in total. The lowest BCUT2D eigenvalue weighted by Gasteiger charge is -2.17. The summed E-state index contributed by atoms with van der Waals surface area (Å²) in [4.78, 5) is 13.7. The fraction of sp³-hybridized carbons (Fsp3) is 0.500. The van der Waals surface area contributed by atoms with Crippen LogP contribution in [-0.4, -0.2) is 30.4 Å². The van der Waals surface area contributed by atoms with Crippen molar-refractivity contribution in [3.8, 4) is 0 Å². The monoisotopic (exact) mass is 268 g/mol. The van der Waals surface area contributed by atoms with Crippen LogP contribution in [0.5, 0.6) is 0 Å². The lowest BCUT2D eigenvalue weighted by atomic mass is 10.1. The van der Waals surface area contributed by atoms with Crippen molar-refractivity contribution in [1.82, 2.24) is 4.90 Å². The minimum atomic E-state index is -0.796. The lowest BCUT2D eigenvalue weighted by Crippen LogP contribution is -2.30. The molecule has 0 radical (unpaired) electrons. The van der Waals surface area contributed by atoms with Crippen molar-refractivity contribution in [2.75, 3.05) is 19.6 Å². The zero-order valence-corrected chi connectivity index (χ0v) is 11.0. The summed E-state index contributed by atoms with van der Waals surface area (Å²) in [6.45, 7) is 3.16. The minimum Gasteiger partial charge on any atom is -0.338 e. The van der Waals surface area contributed by atoms with Crippen LogP contribution < -0.4 is 5.73 Å². The molecule has 5 heteroatoms. The number of halogens is 2. The summed E-state index contributed by atoms with van der Waals surface area (Å²) in [5.41, 5.74) is 5.33. The Morgan fingerprint density at radius 3 is 2.89 bits per heavy atom. The summed E-state index contributed by atoms with van der Waals surface area (Å²) < 4.78 is 27.6. The predicted molar refractivity (Wildman–Crippen MR) is 68.8 cm³/mol. The zero-order valence-electron chi connectivity index (χ0n) is 11.0. The maximum atomic E-state index is 13.9. The highest BCUT2D eigenvalue weighted by Gasteiger charge is 2.30. The van der Waals surface area contributed by atoms with Crippen LogP contribution in [0.3, 0.4) is 0 Å². The van der Waals surface area contributed by atoms with Crippen LogP contribution in [0.4, 0.5) is 8.78 Å². The number of nitrogens with zero attached hydrogens (tertiary/aromatic N) is 1. The fourth-order valence-electron chi connectivity index (χ4n) is 2.50. The first-order valence-corrected chi connectivity index (χ1v) is 6.48. The van der Waals surface area contributed by atoms with Crippen molar-refractivity contribution in [1.29, 1.82) is 0 Å². The molecule has 1 heterocycles. The average molecular weight is 268 g/mol. The maximum Gasteiger partial charge on any atom is 0.259 e. The Hall–Kier alpha value is -1.49. The van der Waals surface area contributed by atoms with Gasteiger partial charge in [-0.25, -0.2) is 8.78 Å². The van der Waals surface area contributed by atoms with Crippen molar-refractivity contribution in [3.05, 3.63) is 34.9 Å². The molecule has 104 valence electrons. The van der Waals surface area contributed by atoms with E-state index in [1.54, 1.807) is 0 Å². The molecule has 1 aromatic rings. The number of hydrogen-bond acceptors (Lipinski definition) is 2. The Kier molecular flexibility index (Phi) is 4.14. The molecule has 3 nitrogen and oxygen atoms in total. The number of hydrogen-bond donors (Lipinski definition) is 1. The molecule has 0 saturated carbocycles. The van der Waals surface area contributed by atoms with Gasteiger partial charge in [0.1, 0.15) is 17.2 Å². The average Bonchev–Trinajstić information content (AvgIpc) is 2.83. The molecular weight excluding hydrogens is 250 g/mol. The number of nitrogens with two attached hydrogens (primary N) is 1. The molecule has 0 spiro atoms. The number of carbonyl (C=O) groups excluding carboxylic acids is 1. The van der Waals surface area contributed by atoms with E-state index in [0.29, 0.717) is 25.6 Å². The third kappa shape index (κ3) is 2.76. The molecule has 1 atom stereocenters. The molecule has 1 aromatic carbocycles. The van der Waals surface area contributed by atoms with Gasteiger partial charge in [0, 0.05) is 13.1 Å². The van der Waals surface area contributed by atoms with Crippen molar-refractivity contribution in [2.45, 2.75) is 19.8 Å². The van der Waals surface area contributed by atoms with Gasteiger partial charge in [-0.3, -0.25) is 4.79 Å². The van der Waals surface area contributed by atoms with Crippen molar-refractivity contribution >= 4 is 5.91 Å². The van der Waals surface area contributed by atoms with Gasteiger partial charge < -0.3 is 10.6 Å². The number of carbonyl (C=O) groups is 1. The summed E-state index contributed by atoms with van der Waals surface area (Å²) >= 11 is 0. The third-order valence-corrected chi connectivity index (χ3v) is 3.65. The van der Waals surface area contributed by atoms with Crippen LogP contribution in [0.2, 0.25) is 0 Å². The third-order valence-electron chi connectivity index (χ3n) is 3.65. The van der Waals surface area contributed by atoms with Gasteiger partial charge in [0.15, 0.2) is 0 Å². The van der Waals surface area contributed by atoms with E-state index in [4.69, 9.17) is 5.73 Å². The highest BCUT2D eigenvalue weighted by atomic mass is 19.1. The van der Waals surface area contributed by atoms with Gasteiger partial charge in [-0.05, 0) is 43.9 Å². The fourth-order valence-corrected chi connectivity index (χ4v) is 2.50. The molecule has 0 bridgehead atoms. The highest BCUT2D eigenvalue weighted by Crippen LogP contribution is 2.24. The van der Waals surface area contributed by atoms with Gasteiger partial charge in [0.2, 0.25) is 0 Å². The van der Waals surface area contributed by atoms with Crippen molar-refractivity contribution in [3.63, 3.8) is 0 Å². The molecule has 1 amide bonds. The Morgan fingerprint density at radius 1 is 1.47 bits per heavy atom. The van der Waals surface area contributed by atoms with E-state index < -0.39 is 23.1 Å². The molecule has 1 unspecified atom stereocenters. The highest BCUT2D eigenvalue weighted by molar-refractivity contribution is 5.95. The van der Waals surface area contributed by atoms with E-state index in [2.05, 4.69) is 0 Å². The first-order valence-electron chi connectivity index (χ1n) is 6.48. The first-order chi connectivity index (χ1) is 9.04. The zero-order chi connectivity index (χ0) is 14.0. The molecule has 2 rings (SSSR count). The van der Waals surface area contributed by atoms with Crippen LogP contribution in [0.1, 0.15) is 28.8 Å². The van der Waals surface area contributed by atoms with E-state index in [1.165, 1.54) is 17.9 Å². The molecule has 0 aliphatic carbocycles. The first kappa shape index (κ1) is 13.9. The smallest absolute Gasteiger partial charge is 0.259 e. The molecule has 1 aliphatic heterocycles. The van der Waals surface area contributed by atoms with E-state index in [-0.39, 0.29) is 5.56 Å². The van der Waals surface area contributed by atoms with Gasteiger partial charge in [-0.15, -0.1) is 0 Å². The Labute approximate surface area is 111 Å². The van der Waals surface area contributed by atoms with Crippen LogP contribution in [0, 0.1) is 24.5 Å².